The molecule has 1 aliphatic heterocycles. The average molecular weight is 275 g/mol. The summed E-state index contributed by atoms with van der Waals surface area (Å²) in [7, 11) is 3.86. The van der Waals surface area contributed by atoms with Crippen molar-refractivity contribution < 1.29 is 0 Å². The molecule has 1 aromatic heterocycles. The summed E-state index contributed by atoms with van der Waals surface area (Å²) in [4.78, 5) is 6.90. The highest BCUT2D eigenvalue weighted by Gasteiger charge is 2.35. The van der Waals surface area contributed by atoms with Crippen molar-refractivity contribution in [3.8, 4) is 0 Å². The SMILES string of the molecule is CN=C(NCc1ccnn1C)N1CC2CCCCC2C1. The Hall–Kier alpha value is -1.52. The van der Waals surface area contributed by atoms with Crippen LogP contribution in [0.2, 0.25) is 0 Å². The smallest absolute Gasteiger partial charge is 0.193 e. The zero-order valence-corrected chi connectivity index (χ0v) is 12.5. The summed E-state index contributed by atoms with van der Waals surface area (Å²) in [6, 6.07) is 2.05. The number of aliphatic imine (C=N–C) groups is 1. The number of aryl methyl sites for hydroxylation is 1. The molecule has 0 radical (unpaired) electrons. The number of nitrogens with zero attached hydrogens (tertiary/aromatic N) is 4. The molecule has 2 fully saturated rings. The first-order valence-corrected chi connectivity index (χ1v) is 7.70. The van der Waals surface area contributed by atoms with Gasteiger partial charge in [-0.05, 0) is 30.7 Å². The lowest BCUT2D eigenvalue weighted by molar-refractivity contribution is 0.299. The Morgan fingerprint density at radius 1 is 1.35 bits per heavy atom. The highest BCUT2D eigenvalue weighted by molar-refractivity contribution is 5.80. The van der Waals surface area contributed by atoms with Gasteiger partial charge in [0.25, 0.3) is 0 Å². The average Bonchev–Trinajstić information content (AvgIpc) is 3.06. The fraction of sp³-hybridized carbons (Fsp3) is 0.733. The third-order valence-electron chi connectivity index (χ3n) is 4.84. The van der Waals surface area contributed by atoms with E-state index in [2.05, 4.69) is 20.3 Å². The van der Waals surface area contributed by atoms with E-state index in [9.17, 15) is 0 Å². The summed E-state index contributed by atoms with van der Waals surface area (Å²) in [5, 5.41) is 7.68. The highest BCUT2D eigenvalue weighted by atomic mass is 15.3. The van der Waals surface area contributed by atoms with Crippen molar-refractivity contribution in [2.45, 2.75) is 32.2 Å². The fourth-order valence-electron chi connectivity index (χ4n) is 3.66. The first-order valence-electron chi connectivity index (χ1n) is 7.70. The lowest BCUT2D eigenvalue weighted by Crippen LogP contribution is -2.40. The third-order valence-corrected chi connectivity index (χ3v) is 4.84. The van der Waals surface area contributed by atoms with Crippen molar-refractivity contribution in [1.82, 2.24) is 20.0 Å². The van der Waals surface area contributed by atoms with Gasteiger partial charge in [-0.15, -0.1) is 0 Å². The molecule has 2 unspecified atom stereocenters. The third kappa shape index (κ3) is 2.67. The van der Waals surface area contributed by atoms with E-state index >= 15 is 0 Å². The molecule has 1 saturated carbocycles. The Bertz CT molecular complexity index is 464. The zero-order chi connectivity index (χ0) is 13.9. The number of hydrogen-bond acceptors (Lipinski definition) is 2. The van der Waals surface area contributed by atoms with E-state index in [-0.39, 0.29) is 0 Å². The van der Waals surface area contributed by atoms with Gasteiger partial charge in [0.2, 0.25) is 0 Å². The molecule has 110 valence electrons. The summed E-state index contributed by atoms with van der Waals surface area (Å²) >= 11 is 0. The first-order chi connectivity index (χ1) is 9.78. The quantitative estimate of drug-likeness (QED) is 0.659. The van der Waals surface area contributed by atoms with Gasteiger partial charge >= 0.3 is 0 Å². The molecule has 2 atom stereocenters. The standard InChI is InChI=1S/C15H25N5/c1-16-15(17-9-14-7-8-18-19(14)2)20-10-12-5-3-4-6-13(12)11-20/h7-8,12-13H,3-6,9-11H2,1-2H3,(H,16,17). The molecule has 0 amide bonds. The number of guanidine groups is 1. The van der Waals surface area contributed by atoms with Crippen molar-refractivity contribution in [2.75, 3.05) is 20.1 Å². The van der Waals surface area contributed by atoms with Crippen LogP contribution in [0.4, 0.5) is 0 Å². The monoisotopic (exact) mass is 275 g/mol. The molecular formula is C15H25N5. The minimum atomic E-state index is 0.787. The summed E-state index contributed by atoms with van der Waals surface area (Å²) in [5.41, 5.74) is 1.18. The largest absolute Gasteiger partial charge is 0.351 e. The van der Waals surface area contributed by atoms with Gasteiger partial charge in [-0.25, -0.2) is 0 Å². The summed E-state index contributed by atoms with van der Waals surface area (Å²) < 4.78 is 1.91. The number of fused-ring (bicyclic) bond motifs is 1. The minimum Gasteiger partial charge on any atom is -0.351 e. The van der Waals surface area contributed by atoms with Gasteiger partial charge in [0.05, 0.1) is 12.2 Å². The lowest BCUT2D eigenvalue weighted by Gasteiger charge is -2.22. The van der Waals surface area contributed by atoms with Gasteiger partial charge in [0.15, 0.2) is 5.96 Å². The van der Waals surface area contributed by atoms with E-state index in [1.807, 2.05) is 31.0 Å². The van der Waals surface area contributed by atoms with Crippen LogP contribution in [0.1, 0.15) is 31.4 Å². The van der Waals surface area contributed by atoms with Crippen molar-refractivity contribution in [3.63, 3.8) is 0 Å². The Balaban J connectivity index is 1.59. The number of aromatic nitrogens is 2. The fourth-order valence-corrected chi connectivity index (χ4v) is 3.66. The summed E-state index contributed by atoms with van der Waals surface area (Å²) in [5.74, 6) is 2.82. The Kier molecular flexibility index (Phi) is 3.94. The molecule has 5 nitrogen and oxygen atoms in total. The Labute approximate surface area is 121 Å². The van der Waals surface area contributed by atoms with Crippen molar-refractivity contribution in [3.05, 3.63) is 18.0 Å². The molecule has 0 bridgehead atoms. The van der Waals surface area contributed by atoms with Crippen LogP contribution in [0.25, 0.3) is 0 Å². The molecule has 1 N–H and O–H groups in total. The van der Waals surface area contributed by atoms with Crippen molar-refractivity contribution >= 4 is 5.96 Å². The van der Waals surface area contributed by atoms with Crippen LogP contribution >= 0.6 is 0 Å². The Morgan fingerprint density at radius 2 is 2.05 bits per heavy atom. The second kappa shape index (κ2) is 5.85. The van der Waals surface area contributed by atoms with Crippen LogP contribution in [0.3, 0.4) is 0 Å². The zero-order valence-electron chi connectivity index (χ0n) is 12.5. The van der Waals surface area contributed by atoms with Crippen molar-refractivity contribution in [1.29, 1.82) is 0 Å². The minimum absolute atomic E-state index is 0.787. The maximum Gasteiger partial charge on any atom is 0.193 e. The molecular weight excluding hydrogens is 250 g/mol. The topological polar surface area (TPSA) is 45.5 Å². The van der Waals surface area contributed by atoms with Crippen LogP contribution < -0.4 is 5.32 Å². The van der Waals surface area contributed by atoms with Gasteiger partial charge in [-0.1, -0.05) is 12.8 Å². The Morgan fingerprint density at radius 3 is 2.60 bits per heavy atom. The molecule has 3 rings (SSSR count). The maximum atomic E-state index is 4.46. The molecule has 5 heteroatoms. The van der Waals surface area contributed by atoms with Gasteiger partial charge in [0.1, 0.15) is 0 Å². The van der Waals surface area contributed by atoms with Gasteiger partial charge in [0, 0.05) is 33.4 Å². The van der Waals surface area contributed by atoms with Gasteiger partial charge < -0.3 is 10.2 Å². The predicted octanol–water partition coefficient (Wildman–Crippen LogP) is 1.62. The molecule has 1 aromatic rings. The molecule has 0 spiro atoms. The van der Waals surface area contributed by atoms with E-state index < -0.39 is 0 Å². The number of likely N-dealkylation sites (tertiary alicyclic amines) is 1. The molecule has 2 heterocycles. The number of rotatable bonds is 2. The van der Waals surface area contributed by atoms with E-state index in [0.717, 1.165) is 24.3 Å². The maximum absolute atomic E-state index is 4.46. The molecule has 1 aliphatic carbocycles. The highest BCUT2D eigenvalue weighted by Crippen LogP contribution is 2.35. The van der Waals surface area contributed by atoms with Crippen molar-refractivity contribution in [2.24, 2.45) is 23.9 Å². The van der Waals surface area contributed by atoms with E-state index in [4.69, 9.17) is 0 Å². The van der Waals surface area contributed by atoms with Gasteiger partial charge in [-0.3, -0.25) is 9.67 Å². The van der Waals surface area contributed by atoms with E-state index in [1.165, 1.54) is 44.5 Å². The van der Waals surface area contributed by atoms with Crippen LogP contribution in [0, 0.1) is 11.8 Å². The first kappa shape index (κ1) is 13.5. The van der Waals surface area contributed by atoms with Crippen LogP contribution in [0.15, 0.2) is 17.3 Å². The summed E-state index contributed by atoms with van der Waals surface area (Å²) in [6.07, 6.45) is 7.47. The van der Waals surface area contributed by atoms with E-state index in [1.54, 1.807) is 0 Å². The molecule has 0 aromatic carbocycles. The second-order valence-corrected chi connectivity index (χ2v) is 6.06. The predicted molar refractivity (Wildman–Crippen MR) is 80.4 cm³/mol. The molecule has 20 heavy (non-hydrogen) atoms. The second-order valence-electron chi connectivity index (χ2n) is 6.06. The molecule has 1 saturated heterocycles. The van der Waals surface area contributed by atoms with Crippen LogP contribution in [0.5, 0.6) is 0 Å². The number of hydrogen-bond donors (Lipinski definition) is 1. The normalized spacial score (nSPS) is 26.7. The summed E-state index contributed by atoms with van der Waals surface area (Å²) in [6.45, 7) is 3.14. The lowest BCUT2D eigenvalue weighted by atomic mass is 9.82. The van der Waals surface area contributed by atoms with Crippen LogP contribution in [-0.4, -0.2) is 40.8 Å². The van der Waals surface area contributed by atoms with Gasteiger partial charge in [-0.2, -0.15) is 5.10 Å². The number of nitrogens with one attached hydrogen (secondary N) is 1. The van der Waals surface area contributed by atoms with E-state index in [0.29, 0.717) is 0 Å². The molecule has 2 aliphatic rings. The van der Waals surface area contributed by atoms with Crippen LogP contribution in [-0.2, 0) is 13.6 Å².